The van der Waals surface area contributed by atoms with Crippen molar-refractivity contribution < 1.29 is 31.1 Å². The van der Waals surface area contributed by atoms with Gasteiger partial charge in [0.05, 0.1) is 0 Å². The van der Waals surface area contributed by atoms with Crippen molar-refractivity contribution in [3.05, 3.63) is 35.9 Å². The van der Waals surface area contributed by atoms with Gasteiger partial charge in [-0.1, -0.05) is 42.1 Å². The Balaban J connectivity index is 2.44. The summed E-state index contributed by atoms with van der Waals surface area (Å²) in [7, 11) is 0. The second kappa shape index (κ2) is 7.89. The van der Waals surface area contributed by atoms with Crippen molar-refractivity contribution in [1.82, 2.24) is 0 Å². The third kappa shape index (κ3) is 5.90. The molecule has 0 spiro atoms. The third-order valence-corrected chi connectivity index (χ3v) is 3.73. The zero-order valence-corrected chi connectivity index (χ0v) is 12.2. The lowest BCUT2D eigenvalue weighted by atomic mass is 10.1. The number of rotatable bonds is 8. The highest BCUT2D eigenvalue weighted by Gasteiger charge is 2.46. The highest BCUT2D eigenvalue weighted by atomic mass is 32.2. The van der Waals surface area contributed by atoms with Crippen LogP contribution in [0.5, 0.6) is 0 Å². The summed E-state index contributed by atoms with van der Waals surface area (Å²) in [5, 5.41) is -0.442. The first-order valence-electron chi connectivity index (χ1n) is 6.36. The van der Waals surface area contributed by atoms with Gasteiger partial charge in [-0.3, -0.25) is 4.79 Å². The molecule has 0 N–H and O–H groups in total. The monoisotopic (exact) mass is 344 g/mol. The number of halogens is 6. The lowest BCUT2D eigenvalue weighted by Gasteiger charge is -2.22. The molecule has 0 amide bonds. The van der Waals surface area contributed by atoms with E-state index in [0.717, 1.165) is 0 Å². The van der Waals surface area contributed by atoms with E-state index in [1.165, 1.54) is 12.1 Å². The van der Waals surface area contributed by atoms with Crippen LogP contribution < -0.4 is 0 Å². The maximum Gasteiger partial charge on any atom is 0.306 e. The molecule has 1 aromatic rings. The van der Waals surface area contributed by atoms with Crippen LogP contribution in [-0.2, 0) is 0 Å². The van der Waals surface area contributed by atoms with Crippen LogP contribution in [0.2, 0.25) is 0 Å². The Morgan fingerprint density at radius 1 is 1.14 bits per heavy atom. The molecule has 0 saturated carbocycles. The molecule has 0 bridgehead atoms. The molecule has 0 saturated heterocycles. The number of thioether (sulfide) groups is 1. The fraction of sp³-hybridized carbons (Fsp3) is 0.500. The predicted octanol–water partition coefficient (Wildman–Crippen LogP) is 4.92. The second-order valence-corrected chi connectivity index (χ2v) is 5.74. The molecule has 1 rings (SSSR count). The Morgan fingerprint density at radius 2 is 1.73 bits per heavy atom. The van der Waals surface area contributed by atoms with Crippen LogP contribution in [0.3, 0.4) is 0 Å². The van der Waals surface area contributed by atoms with Crippen LogP contribution in [-0.4, -0.2) is 35.6 Å². The average Bonchev–Trinajstić information content (AvgIpc) is 2.47. The van der Waals surface area contributed by atoms with E-state index in [0.29, 0.717) is 17.3 Å². The van der Waals surface area contributed by atoms with Crippen LogP contribution in [0.4, 0.5) is 26.3 Å². The molecule has 22 heavy (non-hydrogen) atoms. The van der Waals surface area contributed by atoms with Crippen LogP contribution in [0.25, 0.3) is 0 Å². The molecule has 0 aliphatic rings. The van der Waals surface area contributed by atoms with E-state index in [1.54, 1.807) is 18.2 Å². The van der Waals surface area contributed by atoms with Gasteiger partial charge in [0.15, 0.2) is 12.8 Å². The molecule has 0 radical (unpaired) electrons. The van der Waals surface area contributed by atoms with Crippen molar-refractivity contribution in [3.63, 3.8) is 0 Å². The summed E-state index contributed by atoms with van der Waals surface area (Å²) in [4.78, 5) is 11.6. The molecular weight excluding hydrogens is 330 g/mol. The molecule has 0 heterocycles. The highest BCUT2D eigenvalue weighted by molar-refractivity contribution is 8.14. The van der Waals surface area contributed by atoms with Crippen molar-refractivity contribution in [1.29, 1.82) is 0 Å². The van der Waals surface area contributed by atoms with E-state index < -0.39 is 42.6 Å². The van der Waals surface area contributed by atoms with E-state index in [-0.39, 0.29) is 5.75 Å². The van der Waals surface area contributed by atoms with Gasteiger partial charge in [-0.05, 0) is 0 Å². The Bertz CT molecular complexity index is 479. The molecule has 0 aliphatic carbocycles. The first kappa shape index (κ1) is 18.9. The standard InChI is InChI=1S/C14H14F6OS/c15-9-14(19,20)11(16)8-13(17,18)6-7-22-12(21)10-4-2-1-3-5-10/h1-5,11H,6-9H2. The van der Waals surface area contributed by atoms with Crippen molar-refractivity contribution in [3.8, 4) is 0 Å². The zero-order valence-electron chi connectivity index (χ0n) is 11.4. The predicted molar refractivity (Wildman–Crippen MR) is 73.2 cm³/mol. The molecule has 1 nitrogen and oxygen atoms in total. The topological polar surface area (TPSA) is 17.1 Å². The Kier molecular flexibility index (Phi) is 6.77. The van der Waals surface area contributed by atoms with Crippen molar-refractivity contribution >= 4 is 16.9 Å². The first-order chi connectivity index (χ1) is 10.2. The Labute approximate surface area is 128 Å². The van der Waals surface area contributed by atoms with E-state index in [1.807, 2.05) is 0 Å². The fourth-order valence-corrected chi connectivity index (χ4v) is 2.44. The van der Waals surface area contributed by atoms with E-state index >= 15 is 0 Å². The van der Waals surface area contributed by atoms with Gasteiger partial charge in [0.1, 0.15) is 0 Å². The highest BCUT2D eigenvalue weighted by Crippen LogP contribution is 2.34. The zero-order chi connectivity index (χ0) is 16.8. The van der Waals surface area contributed by atoms with Gasteiger partial charge in [0.2, 0.25) is 5.12 Å². The molecule has 1 atom stereocenters. The second-order valence-electron chi connectivity index (χ2n) is 4.67. The van der Waals surface area contributed by atoms with Gasteiger partial charge in [0, 0.05) is 24.2 Å². The normalized spacial score (nSPS) is 13.9. The van der Waals surface area contributed by atoms with Gasteiger partial charge >= 0.3 is 5.92 Å². The van der Waals surface area contributed by atoms with Crippen LogP contribution in [0.15, 0.2) is 30.3 Å². The quantitative estimate of drug-likeness (QED) is 0.623. The Hall–Kier alpha value is -1.18. The van der Waals surface area contributed by atoms with Gasteiger partial charge in [-0.25, -0.2) is 26.3 Å². The third-order valence-electron chi connectivity index (χ3n) is 2.82. The molecule has 0 aromatic heterocycles. The fourth-order valence-electron chi connectivity index (χ4n) is 1.55. The number of carbonyl (C=O) groups is 1. The smallest absolute Gasteiger partial charge is 0.282 e. The molecule has 124 valence electrons. The lowest BCUT2D eigenvalue weighted by molar-refractivity contribution is -0.126. The van der Waals surface area contributed by atoms with E-state index in [2.05, 4.69) is 0 Å². The van der Waals surface area contributed by atoms with Gasteiger partial charge < -0.3 is 0 Å². The van der Waals surface area contributed by atoms with Crippen molar-refractivity contribution in [2.75, 3.05) is 12.4 Å². The van der Waals surface area contributed by atoms with Crippen LogP contribution in [0, 0.1) is 0 Å². The van der Waals surface area contributed by atoms with Crippen LogP contribution in [0.1, 0.15) is 23.2 Å². The maximum absolute atomic E-state index is 13.4. The summed E-state index contributed by atoms with van der Waals surface area (Å²) >= 11 is 0.594. The minimum atomic E-state index is -4.42. The SMILES string of the molecule is O=C(SCCC(F)(F)CC(F)C(F)(F)CF)c1ccccc1. The molecular formula is C14H14F6OS. The number of carbonyl (C=O) groups excluding carboxylic acids is 1. The van der Waals surface area contributed by atoms with Crippen molar-refractivity contribution in [2.24, 2.45) is 0 Å². The summed E-state index contributed by atoms with van der Waals surface area (Å²) in [6, 6.07) is 7.91. The number of hydrogen-bond donors (Lipinski definition) is 0. The molecule has 1 aromatic carbocycles. The van der Waals surface area contributed by atoms with Gasteiger partial charge in [0.25, 0.3) is 5.92 Å². The summed E-state index contributed by atoms with van der Waals surface area (Å²) < 4.78 is 76.8. The maximum atomic E-state index is 13.4. The van der Waals surface area contributed by atoms with Gasteiger partial charge in [-0.2, -0.15) is 0 Å². The number of hydrogen-bond acceptors (Lipinski definition) is 2. The summed E-state index contributed by atoms with van der Waals surface area (Å²) in [6.45, 7) is -2.33. The first-order valence-corrected chi connectivity index (χ1v) is 7.34. The summed E-state index contributed by atoms with van der Waals surface area (Å²) in [5.74, 6) is -8.51. The molecule has 0 fully saturated rings. The van der Waals surface area contributed by atoms with Crippen molar-refractivity contribution in [2.45, 2.75) is 30.9 Å². The minimum absolute atomic E-state index is 0.322. The Morgan fingerprint density at radius 3 is 2.27 bits per heavy atom. The van der Waals surface area contributed by atoms with Crippen LogP contribution >= 0.6 is 11.8 Å². The molecule has 0 aliphatic heterocycles. The number of alkyl halides is 6. The van der Waals surface area contributed by atoms with Gasteiger partial charge in [-0.15, -0.1) is 0 Å². The minimum Gasteiger partial charge on any atom is -0.282 e. The lowest BCUT2D eigenvalue weighted by Crippen LogP contribution is -2.37. The van der Waals surface area contributed by atoms with E-state index in [4.69, 9.17) is 0 Å². The summed E-state index contributed by atoms with van der Waals surface area (Å²) in [6.07, 6.45) is -5.98. The molecule has 1 unspecified atom stereocenters. The largest absolute Gasteiger partial charge is 0.306 e. The summed E-state index contributed by atoms with van der Waals surface area (Å²) in [5.41, 5.74) is 0.322. The number of benzene rings is 1. The van der Waals surface area contributed by atoms with E-state index in [9.17, 15) is 31.1 Å². The molecule has 8 heteroatoms. The average molecular weight is 344 g/mol.